The van der Waals surface area contributed by atoms with Crippen LogP contribution < -0.4 is 4.90 Å². The molecule has 1 fully saturated rings. The first-order valence-electron chi connectivity index (χ1n) is 8.91. The van der Waals surface area contributed by atoms with Crippen LogP contribution in [-0.2, 0) is 6.54 Å². The SMILES string of the molecule is CN(C)c1ccc(-c2nnc([C@H]3CCN(Cc4ccncc4)C3)o2)cc1. The molecular formula is C20H23N5O. The molecule has 1 aliphatic heterocycles. The summed E-state index contributed by atoms with van der Waals surface area (Å²) in [7, 11) is 4.05. The molecule has 0 amide bonds. The molecule has 134 valence electrons. The fourth-order valence-corrected chi connectivity index (χ4v) is 3.34. The molecule has 0 spiro atoms. The maximum atomic E-state index is 5.98. The molecule has 2 aromatic heterocycles. The lowest BCUT2D eigenvalue weighted by Gasteiger charge is -2.14. The molecule has 0 bridgehead atoms. The van der Waals surface area contributed by atoms with E-state index in [1.54, 1.807) is 0 Å². The molecule has 0 saturated carbocycles. The van der Waals surface area contributed by atoms with Gasteiger partial charge in [0.2, 0.25) is 11.8 Å². The Bertz CT molecular complexity index is 844. The molecule has 1 aliphatic rings. The summed E-state index contributed by atoms with van der Waals surface area (Å²) in [6.45, 7) is 2.93. The van der Waals surface area contributed by atoms with Crippen molar-refractivity contribution < 1.29 is 4.42 Å². The summed E-state index contributed by atoms with van der Waals surface area (Å²) < 4.78 is 5.98. The number of hydrogen-bond acceptors (Lipinski definition) is 6. The molecule has 6 heteroatoms. The summed E-state index contributed by atoms with van der Waals surface area (Å²) in [5.41, 5.74) is 3.39. The molecule has 0 aliphatic carbocycles. The van der Waals surface area contributed by atoms with Crippen molar-refractivity contribution >= 4 is 5.69 Å². The van der Waals surface area contributed by atoms with E-state index in [1.807, 2.05) is 38.6 Å². The Hall–Kier alpha value is -2.73. The minimum atomic E-state index is 0.305. The molecule has 26 heavy (non-hydrogen) atoms. The van der Waals surface area contributed by atoms with Crippen LogP contribution >= 0.6 is 0 Å². The van der Waals surface area contributed by atoms with Crippen molar-refractivity contribution in [2.24, 2.45) is 0 Å². The van der Waals surface area contributed by atoms with Gasteiger partial charge >= 0.3 is 0 Å². The second-order valence-corrected chi connectivity index (χ2v) is 6.96. The Morgan fingerprint density at radius 1 is 1.08 bits per heavy atom. The number of aromatic nitrogens is 3. The zero-order chi connectivity index (χ0) is 17.9. The molecule has 0 radical (unpaired) electrons. The van der Waals surface area contributed by atoms with Crippen LogP contribution in [0, 0.1) is 0 Å². The van der Waals surface area contributed by atoms with Gasteiger partial charge in [0, 0.05) is 50.8 Å². The van der Waals surface area contributed by atoms with E-state index in [0.717, 1.165) is 43.2 Å². The van der Waals surface area contributed by atoms with E-state index < -0.39 is 0 Å². The maximum absolute atomic E-state index is 5.98. The lowest BCUT2D eigenvalue weighted by atomic mass is 10.1. The average molecular weight is 349 g/mol. The van der Waals surface area contributed by atoms with Crippen molar-refractivity contribution in [2.75, 3.05) is 32.1 Å². The summed E-state index contributed by atoms with van der Waals surface area (Å²) in [6, 6.07) is 12.3. The number of benzene rings is 1. The third-order valence-electron chi connectivity index (χ3n) is 4.85. The number of pyridine rings is 1. The maximum Gasteiger partial charge on any atom is 0.247 e. The van der Waals surface area contributed by atoms with Gasteiger partial charge in [0.15, 0.2) is 0 Å². The zero-order valence-electron chi connectivity index (χ0n) is 15.2. The van der Waals surface area contributed by atoms with Crippen molar-refractivity contribution in [1.29, 1.82) is 0 Å². The average Bonchev–Trinajstić information content (AvgIpc) is 3.32. The van der Waals surface area contributed by atoms with Gasteiger partial charge in [-0.2, -0.15) is 0 Å². The first kappa shape index (κ1) is 16.7. The molecule has 3 heterocycles. The van der Waals surface area contributed by atoms with Gasteiger partial charge in [-0.05, 0) is 54.9 Å². The van der Waals surface area contributed by atoms with Crippen molar-refractivity contribution in [2.45, 2.75) is 18.9 Å². The van der Waals surface area contributed by atoms with E-state index in [-0.39, 0.29) is 0 Å². The summed E-state index contributed by atoms with van der Waals surface area (Å²) in [6.07, 6.45) is 4.73. The van der Waals surface area contributed by atoms with Gasteiger partial charge in [-0.1, -0.05) is 0 Å². The molecule has 1 atom stereocenters. The molecule has 0 N–H and O–H groups in total. The highest BCUT2D eigenvalue weighted by molar-refractivity contribution is 5.58. The van der Waals surface area contributed by atoms with E-state index in [2.05, 4.69) is 49.2 Å². The highest BCUT2D eigenvalue weighted by Gasteiger charge is 2.28. The zero-order valence-corrected chi connectivity index (χ0v) is 15.2. The molecule has 1 aromatic carbocycles. The van der Waals surface area contributed by atoms with E-state index >= 15 is 0 Å². The number of anilines is 1. The topological polar surface area (TPSA) is 58.3 Å². The summed E-state index contributed by atoms with van der Waals surface area (Å²) in [5.74, 6) is 1.64. The second kappa shape index (κ2) is 7.25. The minimum absolute atomic E-state index is 0.305. The van der Waals surface area contributed by atoms with Crippen LogP contribution in [0.2, 0.25) is 0 Å². The Balaban J connectivity index is 1.42. The van der Waals surface area contributed by atoms with Crippen molar-refractivity contribution in [3.8, 4) is 11.5 Å². The Morgan fingerprint density at radius 3 is 2.58 bits per heavy atom. The van der Waals surface area contributed by atoms with E-state index in [9.17, 15) is 0 Å². The van der Waals surface area contributed by atoms with Gasteiger partial charge in [0.05, 0.1) is 5.92 Å². The fraction of sp³-hybridized carbons (Fsp3) is 0.350. The third kappa shape index (κ3) is 3.60. The van der Waals surface area contributed by atoms with Crippen molar-refractivity contribution in [1.82, 2.24) is 20.1 Å². The van der Waals surface area contributed by atoms with Crippen LogP contribution in [0.5, 0.6) is 0 Å². The first-order chi connectivity index (χ1) is 12.7. The van der Waals surface area contributed by atoms with Gasteiger partial charge in [-0.15, -0.1) is 10.2 Å². The number of rotatable bonds is 5. The predicted octanol–water partition coefficient (Wildman–Crippen LogP) is 3.19. The first-order valence-corrected chi connectivity index (χ1v) is 8.91. The predicted molar refractivity (Wildman–Crippen MR) is 101 cm³/mol. The van der Waals surface area contributed by atoms with Crippen LogP contribution in [0.4, 0.5) is 5.69 Å². The normalized spacial score (nSPS) is 17.5. The number of likely N-dealkylation sites (tertiary alicyclic amines) is 1. The summed E-state index contributed by atoms with van der Waals surface area (Å²) in [4.78, 5) is 8.57. The van der Waals surface area contributed by atoms with Gasteiger partial charge < -0.3 is 9.32 Å². The molecular weight excluding hydrogens is 326 g/mol. The Labute approximate surface area is 153 Å². The molecule has 1 saturated heterocycles. The smallest absolute Gasteiger partial charge is 0.247 e. The summed E-state index contributed by atoms with van der Waals surface area (Å²) in [5, 5.41) is 8.57. The van der Waals surface area contributed by atoms with Crippen LogP contribution in [0.3, 0.4) is 0 Å². The van der Waals surface area contributed by atoms with Crippen LogP contribution in [-0.4, -0.2) is 47.3 Å². The van der Waals surface area contributed by atoms with Crippen LogP contribution in [0.15, 0.2) is 53.2 Å². The number of nitrogens with zero attached hydrogens (tertiary/aromatic N) is 5. The highest BCUT2D eigenvalue weighted by atomic mass is 16.4. The lowest BCUT2D eigenvalue weighted by molar-refractivity contribution is 0.320. The highest BCUT2D eigenvalue weighted by Crippen LogP contribution is 2.29. The van der Waals surface area contributed by atoms with Crippen molar-refractivity contribution in [3.63, 3.8) is 0 Å². The van der Waals surface area contributed by atoms with Gasteiger partial charge in [-0.3, -0.25) is 9.88 Å². The molecule has 0 unspecified atom stereocenters. The van der Waals surface area contributed by atoms with Crippen LogP contribution in [0.25, 0.3) is 11.5 Å². The molecule has 3 aromatic rings. The molecule has 6 nitrogen and oxygen atoms in total. The van der Waals surface area contributed by atoms with E-state index in [0.29, 0.717) is 11.8 Å². The lowest BCUT2D eigenvalue weighted by Crippen LogP contribution is -2.19. The van der Waals surface area contributed by atoms with Gasteiger partial charge in [0.25, 0.3) is 0 Å². The number of hydrogen-bond donors (Lipinski definition) is 0. The third-order valence-corrected chi connectivity index (χ3v) is 4.85. The monoisotopic (exact) mass is 349 g/mol. The van der Waals surface area contributed by atoms with E-state index in [4.69, 9.17) is 4.42 Å². The Morgan fingerprint density at radius 2 is 1.85 bits per heavy atom. The fourth-order valence-electron chi connectivity index (χ4n) is 3.34. The quantitative estimate of drug-likeness (QED) is 0.705. The van der Waals surface area contributed by atoms with Crippen LogP contribution in [0.1, 0.15) is 23.8 Å². The summed E-state index contributed by atoms with van der Waals surface area (Å²) >= 11 is 0. The van der Waals surface area contributed by atoms with E-state index in [1.165, 1.54) is 5.56 Å². The molecule has 4 rings (SSSR count). The van der Waals surface area contributed by atoms with Crippen molar-refractivity contribution in [3.05, 3.63) is 60.2 Å². The largest absolute Gasteiger partial charge is 0.420 e. The minimum Gasteiger partial charge on any atom is -0.420 e. The standard InChI is InChI=1S/C20H23N5O/c1-24(2)18-5-3-16(4-6-18)19-22-23-20(26-19)17-9-12-25(14-17)13-15-7-10-21-11-8-15/h3-8,10-11,17H,9,12-14H2,1-2H3/t17-/m0/s1. The second-order valence-electron chi connectivity index (χ2n) is 6.96. The van der Waals surface area contributed by atoms with Gasteiger partial charge in [-0.25, -0.2) is 0 Å². The Kier molecular flexibility index (Phi) is 4.67. The van der Waals surface area contributed by atoms with Gasteiger partial charge in [0.1, 0.15) is 0 Å².